The molecule has 3 aromatic carbocycles. The summed E-state index contributed by atoms with van der Waals surface area (Å²) >= 11 is 0. The molecule has 5 aromatic rings. The molecule has 8 heteroatoms. The monoisotopic (exact) mass is 449 g/mol. The molecule has 1 aliphatic rings. The van der Waals surface area contributed by atoms with Gasteiger partial charge >= 0.3 is 0 Å². The van der Waals surface area contributed by atoms with Crippen molar-refractivity contribution in [2.24, 2.45) is 0 Å². The summed E-state index contributed by atoms with van der Waals surface area (Å²) in [6.45, 7) is 3.02. The van der Waals surface area contributed by atoms with E-state index in [0.29, 0.717) is 30.1 Å². The molecule has 1 saturated heterocycles. The quantitative estimate of drug-likeness (QED) is 0.447. The molecule has 0 aliphatic carbocycles. The standard InChI is InChI=1S/C26H23N7O/c34-26(32-15-13-31(14-16-32)21-9-2-1-3-10-21)19-7-6-8-20(17-19)28-24-25-30-27-18-33(25)23-12-5-4-11-22(23)29-24/h1-12,17-18H,13-16H2,(H,28,29). The third kappa shape index (κ3) is 3.69. The third-order valence-corrected chi connectivity index (χ3v) is 6.19. The first-order valence-electron chi connectivity index (χ1n) is 11.3. The van der Waals surface area contributed by atoms with E-state index in [9.17, 15) is 4.79 Å². The van der Waals surface area contributed by atoms with Crippen LogP contribution in [0, 0.1) is 0 Å². The zero-order valence-electron chi connectivity index (χ0n) is 18.5. The highest BCUT2D eigenvalue weighted by Crippen LogP contribution is 2.24. The highest BCUT2D eigenvalue weighted by atomic mass is 16.2. The lowest BCUT2D eigenvalue weighted by atomic mass is 10.1. The Kier molecular flexibility index (Phi) is 5.03. The van der Waals surface area contributed by atoms with Crippen LogP contribution in [-0.4, -0.2) is 56.6 Å². The SMILES string of the molecule is O=C(c1cccc(Nc2nc3ccccc3n3cnnc23)c1)N1CCN(c2ccccc2)CC1. The topological polar surface area (TPSA) is 78.7 Å². The Morgan fingerprint density at radius 3 is 2.50 bits per heavy atom. The maximum Gasteiger partial charge on any atom is 0.254 e. The van der Waals surface area contributed by atoms with E-state index in [4.69, 9.17) is 4.98 Å². The van der Waals surface area contributed by atoms with E-state index in [-0.39, 0.29) is 5.91 Å². The fraction of sp³-hybridized carbons (Fsp3) is 0.154. The van der Waals surface area contributed by atoms with Gasteiger partial charge in [-0.3, -0.25) is 9.20 Å². The van der Waals surface area contributed by atoms with Crippen LogP contribution in [0.25, 0.3) is 16.7 Å². The number of hydrogen-bond acceptors (Lipinski definition) is 6. The summed E-state index contributed by atoms with van der Waals surface area (Å²) in [6.07, 6.45) is 1.68. The third-order valence-electron chi connectivity index (χ3n) is 6.19. The largest absolute Gasteiger partial charge is 0.368 e. The second-order valence-corrected chi connectivity index (χ2v) is 8.29. The lowest BCUT2D eigenvalue weighted by molar-refractivity contribution is 0.0747. The molecular formula is C26H23N7O. The van der Waals surface area contributed by atoms with Gasteiger partial charge in [-0.05, 0) is 42.5 Å². The zero-order chi connectivity index (χ0) is 22.9. The number of hydrogen-bond donors (Lipinski definition) is 1. The van der Waals surface area contributed by atoms with Crippen LogP contribution in [0.15, 0.2) is 85.2 Å². The molecule has 1 amide bonds. The number of amides is 1. The molecule has 0 unspecified atom stereocenters. The molecule has 0 spiro atoms. The van der Waals surface area contributed by atoms with Crippen molar-refractivity contribution in [3.63, 3.8) is 0 Å². The molecule has 2 aromatic heterocycles. The number of carbonyl (C=O) groups excluding carboxylic acids is 1. The van der Waals surface area contributed by atoms with Gasteiger partial charge in [-0.1, -0.05) is 36.4 Å². The number of para-hydroxylation sites is 3. The molecule has 6 rings (SSSR count). The number of anilines is 3. The number of nitrogens with one attached hydrogen (secondary N) is 1. The fourth-order valence-electron chi connectivity index (χ4n) is 4.45. The molecule has 1 aliphatic heterocycles. The normalized spacial score (nSPS) is 14.0. The second kappa shape index (κ2) is 8.47. The van der Waals surface area contributed by atoms with Gasteiger partial charge in [0.15, 0.2) is 5.82 Å². The predicted octanol–water partition coefficient (Wildman–Crippen LogP) is 3.98. The molecule has 8 nitrogen and oxygen atoms in total. The fourth-order valence-corrected chi connectivity index (χ4v) is 4.45. The Morgan fingerprint density at radius 2 is 1.65 bits per heavy atom. The van der Waals surface area contributed by atoms with Gasteiger partial charge in [0.1, 0.15) is 6.33 Å². The molecule has 0 atom stereocenters. The maximum atomic E-state index is 13.2. The molecule has 0 radical (unpaired) electrons. The summed E-state index contributed by atoms with van der Waals surface area (Å²) in [5.74, 6) is 0.632. The first-order valence-corrected chi connectivity index (χ1v) is 11.3. The van der Waals surface area contributed by atoms with Crippen LogP contribution >= 0.6 is 0 Å². The summed E-state index contributed by atoms with van der Waals surface area (Å²) in [6, 6.07) is 25.7. The van der Waals surface area contributed by atoms with E-state index < -0.39 is 0 Å². The number of aromatic nitrogens is 4. The van der Waals surface area contributed by atoms with Crippen LogP contribution in [-0.2, 0) is 0 Å². The van der Waals surface area contributed by atoms with E-state index in [2.05, 4.69) is 32.5 Å². The van der Waals surface area contributed by atoms with Crippen molar-refractivity contribution in [3.05, 3.63) is 90.8 Å². The molecule has 1 N–H and O–H groups in total. The van der Waals surface area contributed by atoms with Gasteiger partial charge in [-0.15, -0.1) is 10.2 Å². The van der Waals surface area contributed by atoms with Crippen LogP contribution in [0.4, 0.5) is 17.2 Å². The maximum absolute atomic E-state index is 13.2. The molecule has 3 heterocycles. The van der Waals surface area contributed by atoms with E-state index in [1.54, 1.807) is 6.33 Å². The minimum atomic E-state index is 0.0375. The Labute approximate surface area is 196 Å². The highest BCUT2D eigenvalue weighted by molar-refractivity contribution is 5.95. The van der Waals surface area contributed by atoms with E-state index in [1.165, 1.54) is 5.69 Å². The van der Waals surface area contributed by atoms with Gasteiger partial charge in [0.05, 0.1) is 11.0 Å². The van der Waals surface area contributed by atoms with Crippen molar-refractivity contribution in [2.45, 2.75) is 0 Å². The number of carbonyl (C=O) groups is 1. The molecule has 168 valence electrons. The van der Waals surface area contributed by atoms with Gasteiger partial charge in [-0.25, -0.2) is 4.98 Å². The van der Waals surface area contributed by atoms with E-state index >= 15 is 0 Å². The highest BCUT2D eigenvalue weighted by Gasteiger charge is 2.22. The van der Waals surface area contributed by atoms with Crippen molar-refractivity contribution in [2.75, 3.05) is 36.4 Å². The molecule has 34 heavy (non-hydrogen) atoms. The van der Waals surface area contributed by atoms with Crippen LogP contribution in [0.5, 0.6) is 0 Å². The van der Waals surface area contributed by atoms with Crippen LogP contribution in [0.2, 0.25) is 0 Å². The summed E-state index contributed by atoms with van der Waals surface area (Å²) in [5, 5.41) is 11.6. The Balaban J connectivity index is 1.21. The van der Waals surface area contributed by atoms with Crippen LogP contribution < -0.4 is 10.2 Å². The van der Waals surface area contributed by atoms with Crippen LogP contribution in [0.1, 0.15) is 10.4 Å². The number of fused-ring (bicyclic) bond motifs is 3. The summed E-state index contributed by atoms with van der Waals surface area (Å²) in [7, 11) is 0. The van der Waals surface area contributed by atoms with Gasteiger partial charge in [-0.2, -0.15) is 0 Å². The van der Waals surface area contributed by atoms with E-state index in [0.717, 1.165) is 29.8 Å². The zero-order valence-corrected chi connectivity index (χ0v) is 18.5. The first kappa shape index (κ1) is 20.2. The lowest BCUT2D eigenvalue weighted by Crippen LogP contribution is -2.48. The molecule has 1 fully saturated rings. The predicted molar refractivity (Wildman–Crippen MR) is 133 cm³/mol. The Hall–Kier alpha value is -4.46. The van der Waals surface area contributed by atoms with Gasteiger partial charge < -0.3 is 15.1 Å². The summed E-state index contributed by atoms with van der Waals surface area (Å²) in [4.78, 5) is 22.2. The van der Waals surface area contributed by atoms with Gasteiger partial charge in [0.25, 0.3) is 5.91 Å². The van der Waals surface area contributed by atoms with Crippen LogP contribution in [0.3, 0.4) is 0 Å². The number of benzene rings is 3. The Morgan fingerprint density at radius 1 is 0.853 bits per heavy atom. The number of rotatable bonds is 4. The first-order chi connectivity index (χ1) is 16.8. The van der Waals surface area contributed by atoms with Crippen molar-refractivity contribution >= 4 is 39.8 Å². The number of piperazine rings is 1. The van der Waals surface area contributed by atoms with Crippen molar-refractivity contribution < 1.29 is 4.79 Å². The number of nitrogens with zero attached hydrogens (tertiary/aromatic N) is 6. The van der Waals surface area contributed by atoms with E-state index in [1.807, 2.05) is 76.0 Å². The second-order valence-electron chi connectivity index (χ2n) is 8.29. The average Bonchev–Trinajstić information content (AvgIpc) is 3.40. The minimum absolute atomic E-state index is 0.0375. The Bertz CT molecular complexity index is 1470. The van der Waals surface area contributed by atoms with Crippen molar-refractivity contribution in [1.82, 2.24) is 24.5 Å². The summed E-state index contributed by atoms with van der Waals surface area (Å²) < 4.78 is 1.91. The molecule has 0 saturated carbocycles. The van der Waals surface area contributed by atoms with Gasteiger partial charge in [0.2, 0.25) is 5.65 Å². The minimum Gasteiger partial charge on any atom is -0.368 e. The smallest absolute Gasteiger partial charge is 0.254 e. The van der Waals surface area contributed by atoms with Crippen molar-refractivity contribution in [3.8, 4) is 0 Å². The summed E-state index contributed by atoms with van der Waals surface area (Å²) in [5.41, 5.74) is 5.03. The lowest BCUT2D eigenvalue weighted by Gasteiger charge is -2.36. The van der Waals surface area contributed by atoms with Gasteiger partial charge in [0, 0.05) is 43.1 Å². The molecular weight excluding hydrogens is 426 g/mol. The average molecular weight is 450 g/mol. The van der Waals surface area contributed by atoms with Crippen molar-refractivity contribution in [1.29, 1.82) is 0 Å². The molecule has 0 bridgehead atoms.